The molecule has 6 rings (SSSR count). The summed E-state index contributed by atoms with van der Waals surface area (Å²) in [4.78, 5) is 18.1. The Balaban J connectivity index is -0.00000288. The molecule has 8 unspecified atom stereocenters. The third kappa shape index (κ3) is 12.8. The van der Waals surface area contributed by atoms with Gasteiger partial charge in [0.1, 0.15) is 0 Å². The molecule has 51 heavy (non-hydrogen) atoms. The molecule has 6 aliphatic rings. The quantitative estimate of drug-likeness (QED) is 0.181. The smallest absolute Gasteiger partial charge is 0.660 e. The van der Waals surface area contributed by atoms with Gasteiger partial charge in [-0.15, -0.1) is 11.1 Å². The molecule has 4 aliphatic carbocycles. The van der Waals surface area contributed by atoms with Crippen molar-refractivity contribution in [3.05, 3.63) is 66.4 Å². The molecule has 2 aliphatic heterocycles. The van der Waals surface area contributed by atoms with E-state index in [1.54, 1.807) is 0 Å². The molecule has 0 spiro atoms. The average Bonchev–Trinajstić information content (AvgIpc) is 3.71. The Hall–Kier alpha value is 1.70. The Bertz CT molecular complexity index is 873. The fourth-order valence-electron chi connectivity index (χ4n) is 12.0. The first-order chi connectivity index (χ1) is 20.3. The molecule has 0 bridgehead atoms. The van der Waals surface area contributed by atoms with E-state index in [9.17, 15) is 0 Å². The summed E-state index contributed by atoms with van der Waals surface area (Å²) in [5.41, 5.74) is 2.99. The van der Waals surface area contributed by atoms with Crippen molar-refractivity contribution in [1.29, 1.82) is 0 Å². The van der Waals surface area contributed by atoms with Gasteiger partial charge in [-0.1, -0.05) is 114 Å². The molecule has 0 N–H and O–H groups in total. The molecular formula is C43H86N4Si2Ti2. The van der Waals surface area contributed by atoms with E-state index in [2.05, 4.69) is 64.4 Å². The summed E-state index contributed by atoms with van der Waals surface area (Å²) in [5, 5.41) is 0. The zero-order chi connectivity index (χ0) is 30.6. The van der Waals surface area contributed by atoms with Crippen molar-refractivity contribution < 1.29 is 43.4 Å². The van der Waals surface area contributed by atoms with E-state index < -0.39 is 16.5 Å². The molecule has 2 radical (unpaired) electrons. The van der Waals surface area contributed by atoms with Crippen molar-refractivity contribution in [3.8, 4) is 0 Å². The van der Waals surface area contributed by atoms with Gasteiger partial charge in [-0.3, -0.25) is 0 Å². The van der Waals surface area contributed by atoms with Crippen LogP contribution in [0.5, 0.6) is 0 Å². The van der Waals surface area contributed by atoms with Crippen LogP contribution in [-0.2, 0) is 43.4 Å². The standard InChI is InChI=1S/C37H68N4Si2.6CH3.2Ti/c1-36(2,3)38-42(7,34-25-32(40-21-13-14-22-40)28-17-9-11-19-30(28)34)27-43(8,39-37(4,5)6)35-26-33(41-23-15-16-24-41)29-18-10-12-20-31(29)35;;;;;;;;/h28-29,32-35H,9-27H2,1-8H3;6*1H3;;/q-2;6*-1;2*+4. The van der Waals surface area contributed by atoms with E-state index in [1.807, 2.05) is 11.8 Å². The van der Waals surface area contributed by atoms with E-state index in [1.165, 1.54) is 122 Å². The molecule has 0 aromatic carbocycles. The van der Waals surface area contributed by atoms with Gasteiger partial charge in [-0.05, 0) is 114 Å². The molecule has 294 valence electrons. The number of likely N-dealkylation sites (tertiary alicyclic amines) is 2. The Kier molecular flexibility index (Phi) is 25.3. The summed E-state index contributed by atoms with van der Waals surface area (Å²) in [5.74, 6) is 5.72. The van der Waals surface area contributed by atoms with Gasteiger partial charge in [0.2, 0.25) is 0 Å². The largest absolute Gasteiger partial charge is 4.00 e. The Labute approximate surface area is 356 Å². The molecule has 2 heterocycles. The minimum atomic E-state index is -2.06. The molecule has 0 aromatic heterocycles. The number of rotatable bonds is 8. The van der Waals surface area contributed by atoms with Gasteiger partial charge in [0.05, 0.1) is 0 Å². The van der Waals surface area contributed by atoms with E-state index in [4.69, 9.17) is 9.96 Å². The first-order valence-electron chi connectivity index (χ1n) is 18.9. The van der Waals surface area contributed by atoms with Gasteiger partial charge in [-0.2, -0.15) is 0 Å². The Morgan fingerprint density at radius 1 is 0.529 bits per heavy atom. The van der Waals surface area contributed by atoms with Crippen molar-refractivity contribution in [2.24, 2.45) is 11.8 Å². The second-order valence-electron chi connectivity index (χ2n) is 18.5. The minimum Gasteiger partial charge on any atom is -0.660 e. The fraction of sp³-hybridized carbons (Fsp3) is 0.814. The molecule has 0 aromatic rings. The number of hydrogen-bond donors (Lipinski definition) is 0. The van der Waals surface area contributed by atoms with Crippen LogP contribution in [0.3, 0.4) is 0 Å². The predicted molar refractivity (Wildman–Crippen MR) is 229 cm³/mol. The zero-order valence-corrected chi connectivity index (χ0v) is 41.8. The van der Waals surface area contributed by atoms with E-state index >= 15 is 0 Å². The van der Waals surface area contributed by atoms with Crippen molar-refractivity contribution in [3.63, 3.8) is 0 Å². The third-order valence-corrected chi connectivity index (χ3v) is 25.1. The van der Waals surface area contributed by atoms with Gasteiger partial charge in [0.15, 0.2) is 0 Å². The SMILES string of the molecule is CC(C)(C)[N-][Si](C)(C[Si](C)([N-]C(C)(C)C)C1CC(N2CCCC2)C2CCCC[C]21)C1CC(N2CCCC2)C2CCCC[C]21.[CH3-].[CH3-].[CH3-].[CH3-].[CH3-].[CH3-].[Ti+4].[Ti+4]. The van der Waals surface area contributed by atoms with Gasteiger partial charge in [0, 0.05) is 12.1 Å². The van der Waals surface area contributed by atoms with Crippen LogP contribution in [0, 0.1) is 68.2 Å². The minimum absolute atomic E-state index is 0. The summed E-state index contributed by atoms with van der Waals surface area (Å²) < 4.78 is 0. The maximum atomic E-state index is 6.12. The fourth-order valence-corrected chi connectivity index (χ4v) is 27.6. The molecule has 4 saturated carbocycles. The van der Waals surface area contributed by atoms with Crippen LogP contribution in [0.1, 0.15) is 131 Å². The summed E-state index contributed by atoms with van der Waals surface area (Å²) in [7, 11) is -4.13. The van der Waals surface area contributed by atoms with Crippen LogP contribution in [0.25, 0.3) is 9.96 Å². The van der Waals surface area contributed by atoms with Gasteiger partial charge >= 0.3 is 43.4 Å². The molecule has 8 atom stereocenters. The van der Waals surface area contributed by atoms with Gasteiger partial charge in [-0.25, -0.2) is 0 Å². The second kappa shape index (κ2) is 22.6. The third-order valence-electron chi connectivity index (χ3n) is 12.8. The van der Waals surface area contributed by atoms with Crippen molar-refractivity contribution in [1.82, 2.24) is 9.80 Å². The summed E-state index contributed by atoms with van der Waals surface area (Å²) in [6, 6.07) is 1.61. The molecule has 8 heteroatoms. The van der Waals surface area contributed by atoms with Gasteiger partial charge in [0.25, 0.3) is 0 Å². The monoisotopic (exact) mass is 811 g/mol. The van der Waals surface area contributed by atoms with Gasteiger partial charge < -0.3 is 64.3 Å². The van der Waals surface area contributed by atoms with Crippen molar-refractivity contribution >= 4 is 16.5 Å². The molecular weight excluding hydrogens is 724 g/mol. The maximum Gasteiger partial charge on any atom is 4.00 e. The van der Waals surface area contributed by atoms with Crippen LogP contribution < -0.4 is 0 Å². The van der Waals surface area contributed by atoms with Crippen molar-refractivity contribution in [2.75, 3.05) is 26.2 Å². The van der Waals surface area contributed by atoms with Crippen LogP contribution >= 0.6 is 0 Å². The number of nitrogens with zero attached hydrogens (tertiary/aromatic N) is 4. The second-order valence-corrected chi connectivity index (χ2v) is 27.2. The van der Waals surface area contributed by atoms with E-state index in [0.29, 0.717) is 0 Å². The average molecular weight is 811 g/mol. The van der Waals surface area contributed by atoms with E-state index in [0.717, 1.165) is 35.0 Å². The number of fused-ring (bicyclic) bond motifs is 2. The normalized spacial score (nSPS) is 32.2. The zero-order valence-electron chi connectivity index (χ0n) is 36.7. The first-order valence-corrected chi connectivity index (χ1v) is 24.4. The van der Waals surface area contributed by atoms with Crippen LogP contribution in [0.15, 0.2) is 0 Å². The molecule has 2 saturated heterocycles. The van der Waals surface area contributed by atoms with Crippen LogP contribution in [0.4, 0.5) is 0 Å². The van der Waals surface area contributed by atoms with Crippen LogP contribution in [0.2, 0.25) is 29.8 Å². The topological polar surface area (TPSA) is 34.7 Å². The molecule has 0 amide bonds. The summed E-state index contributed by atoms with van der Waals surface area (Å²) >= 11 is 0. The Morgan fingerprint density at radius 2 is 0.843 bits per heavy atom. The number of hydrogen-bond acceptors (Lipinski definition) is 2. The Morgan fingerprint density at radius 3 is 1.14 bits per heavy atom. The van der Waals surface area contributed by atoms with E-state index in [-0.39, 0.29) is 99.1 Å². The summed E-state index contributed by atoms with van der Waals surface area (Å²) in [6.07, 6.45) is 20.0. The molecule has 4 nitrogen and oxygen atoms in total. The molecule has 6 fully saturated rings. The van der Waals surface area contributed by atoms with Crippen LogP contribution in [-0.4, -0.2) is 75.6 Å². The van der Waals surface area contributed by atoms with Crippen molar-refractivity contribution in [2.45, 2.75) is 184 Å². The first kappa shape index (κ1) is 57.0. The maximum absolute atomic E-state index is 6.12. The predicted octanol–water partition coefficient (Wildman–Crippen LogP) is 12.7. The summed E-state index contributed by atoms with van der Waals surface area (Å²) in [6.45, 7) is 25.5.